The molecular formula is C23H36O4. The van der Waals surface area contributed by atoms with Gasteiger partial charge in [0.15, 0.2) is 0 Å². The standard InChI is InChI=1S/C23H36O4/c1-4-5-8-12-18(2)13-11-15-20-19(21(24)17-22(20)25)14-9-6-7-10-16-23(26)27-3/h11,15,18-20,22,25H,4,6-7,9-10,12-14,16-17H2,1-3H3/b15-11+/t18-,19+,20+,22+/m0/s1. The second kappa shape index (κ2) is 13.6. The summed E-state index contributed by atoms with van der Waals surface area (Å²) < 4.78 is 4.63. The number of esters is 1. The highest BCUT2D eigenvalue weighted by molar-refractivity contribution is 5.84. The highest BCUT2D eigenvalue weighted by atomic mass is 16.5. The molecular weight excluding hydrogens is 340 g/mol. The molecule has 0 aromatic rings. The van der Waals surface area contributed by atoms with E-state index in [9.17, 15) is 14.7 Å². The lowest BCUT2D eigenvalue weighted by Crippen LogP contribution is -2.18. The van der Waals surface area contributed by atoms with E-state index in [2.05, 4.69) is 42.6 Å². The van der Waals surface area contributed by atoms with E-state index in [1.807, 2.05) is 0 Å². The van der Waals surface area contributed by atoms with Crippen molar-refractivity contribution in [2.75, 3.05) is 7.11 Å². The summed E-state index contributed by atoms with van der Waals surface area (Å²) in [5.74, 6) is 6.67. The third-order valence-electron chi connectivity index (χ3n) is 5.26. The molecule has 27 heavy (non-hydrogen) atoms. The zero-order chi connectivity index (χ0) is 20.1. The average molecular weight is 377 g/mol. The molecule has 0 spiro atoms. The molecule has 152 valence electrons. The molecule has 1 aliphatic carbocycles. The molecule has 0 unspecified atom stereocenters. The van der Waals surface area contributed by atoms with Crippen LogP contribution in [0.4, 0.5) is 0 Å². The van der Waals surface area contributed by atoms with Gasteiger partial charge in [0.1, 0.15) is 5.78 Å². The van der Waals surface area contributed by atoms with Crippen molar-refractivity contribution >= 4 is 11.8 Å². The zero-order valence-corrected chi connectivity index (χ0v) is 17.2. The van der Waals surface area contributed by atoms with Gasteiger partial charge in [-0.15, -0.1) is 11.8 Å². The van der Waals surface area contributed by atoms with Crippen LogP contribution in [0.3, 0.4) is 0 Å². The van der Waals surface area contributed by atoms with Crippen molar-refractivity contribution in [3.8, 4) is 11.8 Å². The molecule has 0 aromatic carbocycles. The number of Topliss-reactive ketones (excluding diaryl/α,β-unsaturated/α-hetero) is 1. The van der Waals surface area contributed by atoms with Crippen LogP contribution in [0.2, 0.25) is 0 Å². The van der Waals surface area contributed by atoms with E-state index >= 15 is 0 Å². The maximum atomic E-state index is 12.2. The minimum atomic E-state index is -0.548. The van der Waals surface area contributed by atoms with Gasteiger partial charge in [-0.3, -0.25) is 9.59 Å². The third kappa shape index (κ3) is 9.24. The van der Waals surface area contributed by atoms with Crippen LogP contribution in [0.1, 0.15) is 78.1 Å². The van der Waals surface area contributed by atoms with Crippen LogP contribution in [0, 0.1) is 29.6 Å². The lowest BCUT2D eigenvalue weighted by Gasteiger charge is -2.17. The van der Waals surface area contributed by atoms with Gasteiger partial charge in [-0.1, -0.05) is 45.3 Å². The van der Waals surface area contributed by atoms with Crippen LogP contribution < -0.4 is 0 Å². The number of rotatable bonds is 11. The highest BCUT2D eigenvalue weighted by Gasteiger charge is 2.39. The molecule has 0 aliphatic heterocycles. The Balaban J connectivity index is 2.37. The number of aliphatic hydroxyl groups excluding tert-OH is 1. The van der Waals surface area contributed by atoms with E-state index in [1.165, 1.54) is 7.11 Å². The summed E-state index contributed by atoms with van der Waals surface area (Å²) in [5.41, 5.74) is 0. The Bertz CT molecular complexity index is 540. The van der Waals surface area contributed by atoms with Crippen LogP contribution in [0.15, 0.2) is 12.2 Å². The monoisotopic (exact) mass is 376 g/mol. The lowest BCUT2D eigenvalue weighted by molar-refractivity contribution is -0.140. The molecule has 4 heteroatoms. The summed E-state index contributed by atoms with van der Waals surface area (Å²) in [6.45, 7) is 4.23. The molecule has 0 bridgehead atoms. The van der Waals surface area contributed by atoms with Gasteiger partial charge in [-0.2, -0.15) is 0 Å². The maximum absolute atomic E-state index is 12.2. The number of aliphatic hydroxyl groups is 1. The van der Waals surface area contributed by atoms with Crippen LogP contribution in [0.5, 0.6) is 0 Å². The predicted molar refractivity (Wildman–Crippen MR) is 108 cm³/mol. The number of unbranched alkanes of at least 4 members (excludes halogenated alkanes) is 3. The van der Waals surface area contributed by atoms with Gasteiger partial charge in [-0.05, 0) is 25.2 Å². The molecule has 4 nitrogen and oxygen atoms in total. The molecule has 0 radical (unpaired) electrons. The lowest BCUT2D eigenvalue weighted by atomic mass is 9.88. The largest absolute Gasteiger partial charge is 0.469 e. The summed E-state index contributed by atoms with van der Waals surface area (Å²) in [4.78, 5) is 23.3. The second-order valence-electron chi connectivity index (χ2n) is 7.63. The molecule has 1 aliphatic rings. The Hall–Kier alpha value is -1.60. The van der Waals surface area contributed by atoms with Gasteiger partial charge in [0.05, 0.1) is 13.2 Å². The van der Waals surface area contributed by atoms with Crippen molar-refractivity contribution in [1.29, 1.82) is 0 Å². The van der Waals surface area contributed by atoms with E-state index in [1.54, 1.807) is 0 Å². The Morgan fingerprint density at radius 3 is 2.74 bits per heavy atom. The van der Waals surface area contributed by atoms with Crippen LogP contribution >= 0.6 is 0 Å². The summed E-state index contributed by atoms with van der Waals surface area (Å²) in [6.07, 6.45) is 11.6. The number of hydrogen-bond donors (Lipinski definition) is 1. The first-order chi connectivity index (χ1) is 13.0. The Morgan fingerprint density at radius 1 is 1.30 bits per heavy atom. The average Bonchev–Trinajstić information content (AvgIpc) is 2.91. The van der Waals surface area contributed by atoms with Gasteiger partial charge in [0.25, 0.3) is 0 Å². The summed E-state index contributed by atoms with van der Waals surface area (Å²) in [6, 6.07) is 0. The van der Waals surface area contributed by atoms with E-state index in [4.69, 9.17) is 0 Å². The number of allylic oxidation sites excluding steroid dienone is 1. The maximum Gasteiger partial charge on any atom is 0.305 e. The normalized spacial score (nSPS) is 23.3. The topological polar surface area (TPSA) is 63.6 Å². The van der Waals surface area contributed by atoms with E-state index in [0.29, 0.717) is 12.3 Å². The number of methoxy groups -OCH3 is 1. The fourth-order valence-corrected chi connectivity index (χ4v) is 3.60. The number of hydrogen-bond acceptors (Lipinski definition) is 4. The number of ether oxygens (including phenoxy) is 1. The van der Waals surface area contributed by atoms with Crippen molar-refractivity contribution in [2.24, 2.45) is 17.8 Å². The molecule has 1 saturated carbocycles. The smallest absolute Gasteiger partial charge is 0.305 e. The van der Waals surface area contributed by atoms with Gasteiger partial charge in [-0.25, -0.2) is 0 Å². The van der Waals surface area contributed by atoms with Gasteiger partial charge in [0.2, 0.25) is 0 Å². The van der Waals surface area contributed by atoms with Gasteiger partial charge >= 0.3 is 5.97 Å². The second-order valence-corrected chi connectivity index (χ2v) is 7.63. The Morgan fingerprint density at radius 2 is 2.04 bits per heavy atom. The zero-order valence-electron chi connectivity index (χ0n) is 17.2. The fraction of sp³-hybridized carbons (Fsp3) is 0.739. The summed E-state index contributed by atoms with van der Waals surface area (Å²) in [7, 11) is 1.41. The van der Waals surface area contributed by atoms with E-state index in [-0.39, 0.29) is 30.0 Å². The number of carbonyl (C=O) groups is 2. The Kier molecular flexibility index (Phi) is 11.8. The van der Waals surface area contributed by atoms with Gasteiger partial charge < -0.3 is 9.84 Å². The summed E-state index contributed by atoms with van der Waals surface area (Å²) >= 11 is 0. The quantitative estimate of drug-likeness (QED) is 0.250. The number of carbonyl (C=O) groups excluding carboxylic acids is 2. The van der Waals surface area contributed by atoms with Crippen LogP contribution in [-0.2, 0) is 14.3 Å². The van der Waals surface area contributed by atoms with E-state index < -0.39 is 6.10 Å². The fourth-order valence-electron chi connectivity index (χ4n) is 3.60. The van der Waals surface area contributed by atoms with Crippen LogP contribution in [0.25, 0.3) is 0 Å². The van der Waals surface area contributed by atoms with Crippen molar-refractivity contribution in [1.82, 2.24) is 0 Å². The molecule has 0 aromatic heterocycles. The molecule has 1 fully saturated rings. The van der Waals surface area contributed by atoms with Crippen molar-refractivity contribution in [3.05, 3.63) is 12.2 Å². The first-order valence-electron chi connectivity index (χ1n) is 10.4. The summed E-state index contributed by atoms with van der Waals surface area (Å²) in [5, 5.41) is 10.3. The highest BCUT2D eigenvalue weighted by Crippen LogP contribution is 2.34. The SMILES string of the molecule is CCC#CC[C@H](C)C/C=C/[C@H]1[C@H](O)CC(=O)[C@@H]1CCCCCCC(=O)OC. The molecule has 1 N–H and O–H groups in total. The van der Waals surface area contributed by atoms with Crippen LogP contribution in [-0.4, -0.2) is 30.1 Å². The van der Waals surface area contributed by atoms with Crippen molar-refractivity contribution in [2.45, 2.75) is 84.2 Å². The van der Waals surface area contributed by atoms with Crippen molar-refractivity contribution < 1.29 is 19.4 Å². The van der Waals surface area contributed by atoms with Gasteiger partial charge in [0, 0.05) is 37.5 Å². The molecule has 0 amide bonds. The first kappa shape index (κ1) is 23.4. The molecule has 4 atom stereocenters. The predicted octanol–water partition coefficient (Wildman–Crippen LogP) is 4.45. The molecule has 1 rings (SSSR count). The minimum Gasteiger partial charge on any atom is -0.469 e. The molecule has 0 saturated heterocycles. The van der Waals surface area contributed by atoms with E-state index in [0.717, 1.165) is 51.4 Å². The van der Waals surface area contributed by atoms with Crippen molar-refractivity contribution in [3.63, 3.8) is 0 Å². The third-order valence-corrected chi connectivity index (χ3v) is 5.26. The first-order valence-corrected chi connectivity index (χ1v) is 10.4. The molecule has 0 heterocycles. The number of ketones is 1. The minimum absolute atomic E-state index is 0.0542. The Labute approximate surface area is 164 Å².